The standard InChI is InChI=1S/C22H33N5O4/c1-15(2)24-22(30)25-17-9-18-13-26(11-16-7-5-4-6-8-16)19(21(29)27(18)12-17)10-23-20(28)14-31-3/h4-8,15,17-19H,9-14H2,1-3H3,(H,23,28)(H2,24,25,30)/t17-,18-,19-/m0/s1. The summed E-state index contributed by atoms with van der Waals surface area (Å²) < 4.78 is 4.87. The summed E-state index contributed by atoms with van der Waals surface area (Å²) in [6.45, 7) is 5.79. The first-order chi connectivity index (χ1) is 14.9. The number of piperazine rings is 1. The minimum atomic E-state index is -0.458. The molecule has 0 bridgehead atoms. The van der Waals surface area contributed by atoms with Crippen LogP contribution in [0.3, 0.4) is 0 Å². The van der Waals surface area contributed by atoms with Gasteiger partial charge in [-0.15, -0.1) is 0 Å². The van der Waals surface area contributed by atoms with E-state index >= 15 is 0 Å². The van der Waals surface area contributed by atoms with Crippen LogP contribution in [-0.2, 0) is 20.9 Å². The monoisotopic (exact) mass is 431 g/mol. The quantitative estimate of drug-likeness (QED) is 0.550. The Hall–Kier alpha value is -2.65. The number of hydrogen-bond acceptors (Lipinski definition) is 5. The van der Waals surface area contributed by atoms with E-state index in [9.17, 15) is 14.4 Å². The molecule has 2 heterocycles. The number of nitrogens with one attached hydrogen (secondary N) is 3. The third kappa shape index (κ3) is 6.18. The Kier molecular flexibility index (Phi) is 7.86. The molecule has 2 fully saturated rings. The second-order valence-corrected chi connectivity index (χ2v) is 8.52. The number of ether oxygens (including phenoxy) is 1. The lowest BCUT2D eigenvalue weighted by Gasteiger charge is -2.42. The highest BCUT2D eigenvalue weighted by Gasteiger charge is 2.45. The van der Waals surface area contributed by atoms with E-state index in [0.717, 1.165) is 5.56 Å². The van der Waals surface area contributed by atoms with Crippen LogP contribution in [0.5, 0.6) is 0 Å². The molecule has 9 nitrogen and oxygen atoms in total. The predicted molar refractivity (Wildman–Crippen MR) is 116 cm³/mol. The predicted octanol–water partition coefficient (Wildman–Crippen LogP) is 0.311. The van der Waals surface area contributed by atoms with E-state index in [2.05, 4.69) is 20.9 Å². The van der Waals surface area contributed by atoms with Crippen molar-refractivity contribution in [1.29, 1.82) is 0 Å². The van der Waals surface area contributed by atoms with Crippen LogP contribution in [0.25, 0.3) is 0 Å². The van der Waals surface area contributed by atoms with Crippen molar-refractivity contribution in [2.24, 2.45) is 0 Å². The van der Waals surface area contributed by atoms with Crippen molar-refractivity contribution in [3.63, 3.8) is 0 Å². The zero-order chi connectivity index (χ0) is 22.4. The molecule has 2 aliphatic rings. The van der Waals surface area contributed by atoms with Crippen molar-refractivity contribution < 1.29 is 19.1 Å². The number of carbonyl (C=O) groups excluding carboxylic acids is 3. The number of nitrogens with zero attached hydrogens (tertiary/aromatic N) is 2. The average Bonchev–Trinajstić information content (AvgIpc) is 3.10. The van der Waals surface area contributed by atoms with Crippen LogP contribution in [0.2, 0.25) is 0 Å². The largest absolute Gasteiger partial charge is 0.375 e. The van der Waals surface area contributed by atoms with Gasteiger partial charge in [0, 0.05) is 45.4 Å². The summed E-state index contributed by atoms with van der Waals surface area (Å²) in [5.41, 5.74) is 1.11. The fourth-order valence-electron chi connectivity index (χ4n) is 4.30. The number of benzene rings is 1. The number of urea groups is 1. The van der Waals surface area contributed by atoms with Gasteiger partial charge in [-0.25, -0.2) is 4.79 Å². The molecule has 9 heteroatoms. The summed E-state index contributed by atoms with van der Waals surface area (Å²) >= 11 is 0. The van der Waals surface area contributed by atoms with Crippen molar-refractivity contribution in [2.75, 3.05) is 33.4 Å². The molecule has 0 aromatic heterocycles. The number of fused-ring (bicyclic) bond motifs is 1. The average molecular weight is 432 g/mol. The number of carbonyl (C=O) groups is 3. The Morgan fingerprint density at radius 3 is 2.61 bits per heavy atom. The normalized spacial score (nSPS) is 23.5. The summed E-state index contributed by atoms with van der Waals surface area (Å²) in [6.07, 6.45) is 0.714. The van der Waals surface area contributed by atoms with Crippen LogP contribution in [0.4, 0.5) is 4.79 Å². The molecule has 2 saturated heterocycles. The van der Waals surface area contributed by atoms with Crippen LogP contribution in [0, 0.1) is 0 Å². The Morgan fingerprint density at radius 2 is 1.94 bits per heavy atom. The van der Waals surface area contributed by atoms with Crippen LogP contribution in [0.1, 0.15) is 25.8 Å². The zero-order valence-electron chi connectivity index (χ0n) is 18.5. The van der Waals surface area contributed by atoms with Gasteiger partial charge in [-0.05, 0) is 25.8 Å². The van der Waals surface area contributed by atoms with Gasteiger partial charge in [0.05, 0.1) is 6.04 Å². The van der Waals surface area contributed by atoms with Crippen molar-refractivity contribution in [3.8, 4) is 0 Å². The van der Waals surface area contributed by atoms with Crippen molar-refractivity contribution in [2.45, 2.75) is 51.0 Å². The summed E-state index contributed by atoms with van der Waals surface area (Å²) in [5, 5.41) is 8.63. The van der Waals surface area contributed by atoms with Gasteiger partial charge >= 0.3 is 6.03 Å². The first kappa shape index (κ1) is 23.0. The summed E-state index contributed by atoms with van der Waals surface area (Å²) in [4.78, 5) is 41.4. The van der Waals surface area contributed by atoms with Gasteiger partial charge < -0.3 is 25.6 Å². The lowest BCUT2D eigenvalue weighted by molar-refractivity contribution is -0.144. The molecule has 1 aromatic rings. The molecule has 4 amide bonds. The van der Waals surface area contributed by atoms with Gasteiger partial charge in [-0.1, -0.05) is 30.3 Å². The van der Waals surface area contributed by atoms with Crippen LogP contribution >= 0.6 is 0 Å². The molecule has 0 radical (unpaired) electrons. The molecule has 0 aliphatic carbocycles. The molecular weight excluding hydrogens is 398 g/mol. The molecule has 31 heavy (non-hydrogen) atoms. The van der Waals surface area contributed by atoms with Crippen LogP contribution in [0.15, 0.2) is 30.3 Å². The maximum absolute atomic E-state index is 13.4. The summed E-state index contributed by atoms with van der Waals surface area (Å²) in [5.74, 6) is -0.262. The Bertz CT molecular complexity index is 772. The highest BCUT2D eigenvalue weighted by Crippen LogP contribution is 2.27. The molecule has 3 N–H and O–H groups in total. The molecule has 3 atom stereocenters. The van der Waals surface area contributed by atoms with Gasteiger partial charge in [0.1, 0.15) is 12.6 Å². The van der Waals surface area contributed by atoms with Crippen molar-refractivity contribution in [3.05, 3.63) is 35.9 Å². The second-order valence-electron chi connectivity index (χ2n) is 8.52. The summed E-state index contributed by atoms with van der Waals surface area (Å²) in [7, 11) is 1.46. The number of amides is 4. The summed E-state index contributed by atoms with van der Waals surface area (Å²) in [6, 6.07) is 9.31. The Labute approximate surface area is 183 Å². The van der Waals surface area contributed by atoms with Gasteiger partial charge in [0.2, 0.25) is 11.8 Å². The van der Waals surface area contributed by atoms with Gasteiger partial charge in [0.15, 0.2) is 0 Å². The third-order valence-corrected chi connectivity index (χ3v) is 5.62. The molecular formula is C22H33N5O4. The zero-order valence-corrected chi connectivity index (χ0v) is 18.5. The van der Waals surface area contributed by atoms with Gasteiger partial charge in [-0.3, -0.25) is 14.5 Å². The molecule has 3 rings (SSSR count). The SMILES string of the molecule is COCC(=O)NC[C@H]1C(=O)N2C[C@@H](NC(=O)NC(C)C)C[C@H]2CN1Cc1ccccc1. The van der Waals surface area contributed by atoms with E-state index < -0.39 is 6.04 Å². The van der Waals surface area contributed by atoms with E-state index in [1.165, 1.54) is 7.11 Å². The van der Waals surface area contributed by atoms with E-state index in [0.29, 0.717) is 26.1 Å². The fraction of sp³-hybridized carbons (Fsp3) is 0.591. The van der Waals surface area contributed by atoms with E-state index in [1.807, 2.05) is 49.1 Å². The molecule has 2 aliphatic heterocycles. The topological polar surface area (TPSA) is 103 Å². The fourth-order valence-corrected chi connectivity index (χ4v) is 4.30. The maximum Gasteiger partial charge on any atom is 0.315 e. The van der Waals surface area contributed by atoms with E-state index in [4.69, 9.17) is 4.74 Å². The first-order valence-corrected chi connectivity index (χ1v) is 10.8. The minimum Gasteiger partial charge on any atom is -0.375 e. The molecule has 0 unspecified atom stereocenters. The molecule has 170 valence electrons. The van der Waals surface area contributed by atoms with Crippen molar-refractivity contribution in [1.82, 2.24) is 25.8 Å². The highest BCUT2D eigenvalue weighted by atomic mass is 16.5. The lowest BCUT2D eigenvalue weighted by Crippen LogP contribution is -2.62. The van der Waals surface area contributed by atoms with Crippen LogP contribution < -0.4 is 16.0 Å². The maximum atomic E-state index is 13.4. The van der Waals surface area contributed by atoms with Crippen molar-refractivity contribution >= 4 is 17.8 Å². The number of rotatable bonds is 8. The Morgan fingerprint density at radius 1 is 1.19 bits per heavy atom. The molecule has 0 saturated carbocycles. The number of hydrogen-bond donors (Lipinski definition) is 3. The molecule has 1 aromatic carbocycles. The molecule has 0 spiro atoms. The minimum absolute atomic E-state index is 0.0153. The first-order valence-electron chi connectivity index (χ1n) is 10.8. The Balaban J connectivity index is 1.70. The lowest BCUT2D eigenvalue weighted by atomic mass is 10.0. The smallest absolute Gasteiger partial charge is 0.315 e. The van der Waals surface area contributed by atoms with Gasteiger partial charge in [-0.2, -0.15) is 0 Å². The van der Waals surface area contributed by atoms with E-state index in [1.54, 1.807) is 0 Å². The van der Waals surface area contributed by atoms with E-state index in [-0.39, 0.29) is 49.1 Å². The third-order valence-electron chi connectivity index (χ3n) is 5.62. The van der Waals surface area contributed by atoms with Gasteiger partial charge in [0.25, 0.3) is 0 Å². The van der Waals surface area contributed by atoms with Crippen LogP contribution in [-0.4, -0.2) is 85.2 Å². The highest BCUT2D eigenvalue weighted by molar-refractivity contribution is 5.85. The second kappa shape index (κ2) is 10.6. The number of methoxy groups -OCH3 is 1.